The van der Waals surface area contributed by atoms with Crippen LogP contribution in [0.2, 0.25) is 0 Å². The van der Waals surface area contributed by atoms with Gasteiger partial charge in [0.15, 0.2) is 5.41 Å². The number of allylic oxidation sites excluding steroid dienone is 2. The predicted molar refractivity (Wildman–Crippen MR) is 120 cm³/mol. The molecule has 1 saturated carbocycles. The molecule has 3 rings (SSSR count). The van der Waals surface area contributed by atoms with E-state index in [4.69, 9.17) is 16.9 Å². The van der Waals surface area contributed by atoms with Crippen molar-refractivity contribution in [3.8, 4) is 24.2 Å². The summed E-state index contributed by atoms with van der Waals surface area (Å²) in [7, 11) is 1.88. The molecule has 0 aromatic carbocycles. The molecule has 7 heteroatoms. The molecule has 1 aromatic rings. The number of aromatic nitrogens is 2. The lowest BCUT2D eigenvalue weighted by molar-refractivity contribution is -0.125. The quantitative estimate of drug-likeness (QED) is 0.403. The van der Waals surface area contributed by atoms with E-state index in [1.807, 2.05) is 27.1 Å². The molecule has 0 bridgehead atoms. The number of amidine groups is 1. The van der Waals surface area contributed by atoms with Crippen LogP contribution in [0.1, 0.15) is 57.7 Å². The van der Waals surface area contributed by atoms with Crippen molar-refractivity contribution in [3.05, 3.63) is 41.1 Å². The number of ether oxygens (including phenoxy) is 1. The van der Waals surface area contributed by atoms with Crippen molar-refractivity contribution in [2.45, 2.75) is 58.6 Å². The number of aliphatic imine (C=N–C) groups is 1. The molecule has 0 radical (unpaired) electrons. The summed E-state index contributed by atoms with van der Waals surface area (Å²) in [5, 5.41) is 7.38. The second-order valence-electron chi connectivity index (χ2n) is 8.50. The molecule has 0 saturated heterocycles. The van der Waals surface area contributed by atoms with E-state index in [2.05, 4.69) is 33.2 Å². The topological polar surface area (TPSA) is 94.5 Å². The number of nitrogens with one attached hydrogen (secondary N) is 1. The van der Waals surface area contributed by atoms with Crippen LogP contribution >= 0.6 is 0 Å². The number of hydrogen-bond acceptors (Lipinski definition) is 4. The third-order valence-corrected chi connectivity index (χ3v) is 5.55. The maximum absolute atomic E-state index is 13.1. The number of carbonyl (C=O) groups is 1. The molecule has 2 atom stereocenters. The van der Waals surface area contributed by atoms with Crippen LogP contribution in [0.4, 0.5) is 0 Å². The highest BCUT2D eigenvalue weighted by atomic mass is 16.5. The van der Waals surface area contributed by atoms with Crippen LogP contribution in [0.25, 0.3) is 0 Å². The average molecular weight is 420 g/mol. The third kappa shape index (κ3) is 4.51. The Morgan fingerprint density at radius 1 is 1.55 bits per heavy atom. The number of hydrogen-bond donors (Lipinski definition) is 2. The van der Waals surface area contributed by atoms with Gasteiger partial charge in [0.1, 0.15) is 5.84 Å². The van der Waals surface area contributed by atoms with Crippen molar-refractivity contribution in [1.29, 1.82) is 0 Å². The zero-order valence-electron chi connectivity index (χ0n) is 18.7. The number of nitrogens with two attached hydrogens (primary N) is 1. The van der Waals surface area contributed by atoms with E-state index in [-0.39, 0.29) is 12.4 Å². The van der Waals surface area contributed by atoms with E-state index in [1.165, 1.54) is 11.8 Å². The second-order valence-corrected chi connectivity index (χ2v) is 8.50. The molecule has 3 N–H and O–H groups in total. The zero-order chi connectivity index (χ0) is 22.8. The van der Waals surface area contributed by atoms with Crippen LogP contribution in [0, 0.1) is 29.6 Å². The predicted octanol–water partition coefficient (Wildman–Crippen LogP) is 2.51. The first kappa shape index (κ1) is 22.2. The molecule has 2 unspecified atom stereocenters. The molecule has 1 aliphatic carbocycles. The van der Waals surface area contributed by atoms with Gasteiger partial charge in [-0.3, -0.25) is 9.48 Å². The van der Waals surface area contributed by atoms with Gasteiger partial charge in [0.25, 0.3) is 0 Å². The van der Waals surface area contributed by atoms with Gasteiger partial charge in [-0.1, -0.05) is 11.8 Å². The summed E-state index contributed by atoms with van der Waals surface area (Å²) in [5.74, 6) is 8.55. The summed E-state index contributed by atoms with van der Waals surface area (Å²) in [6.07, 6.45) is 13.2. The molecule has 2 heterocycles. The Balaban J connectivity index is 1.82. The summed E-state index contributed by atoms with van der Waals surface area (Å²) < 4.78 is 7.48. The van der Waals surface area contributed by atoms with Crippen LogP contribution in [-0.4, -0.2) is 27.1 Å². The summed E-state index contributed by atoms with van der Waals surface area (Å²) in [6.45, 7) is 7.43. The SMILES string of the molecule is C#CC(C)(C(=O)NCc1nn(C)cc1C1CC1)/C(N)=N\C(=C(C)C)C1(C)C#CC=CO1. The van der Waals surface area contributed by atoms with Gasteiger partial charge in [-0.2, -0.15) is 5.10 Å². The highest BCUT2D eigenvalue weighted by Crippen LogP contribution is 2.41. The molecule has 162 valence electrons. The molecule has 1 amide bonds. The highest BCUT2D eigenvalue weighted by molar-refractivity contribution is 6.10. The molecule has 1 fully saturated rings. The fourth-order valence-corrected chi connectivity index (χ4v) is 3.48. The molecule has 31 heavy (non-hydrogen) atoms. The zero-order valence-corrected chi connectivity index (χ0v) is 18.7. The van der Waals surface area contributed by atoms with Crippen molar-refractivity contribution in [3.63, 3.8) is 0 Å². The van der Waals surface area contributed by atoms with Crippen molar-refractivity contribution in [1.82, 2.24) is 15.1 Å². The molecule has 1 aromatic heterocycles. The van der Waals surface area contributed by atoms with Gasteiger partial charge in [0, 0.05) is 19.3 Å². The Morgan fingerprint density at radius 3 is 2.81 bits per heavy atom. The lowest BCUT2D eigenvalue weighted by Gasteiger charge is -2.28. The smallest absolute Gasteiger partial charge is 0.246 e. The number of rotatable bonds is 7. The van der Waals surface area contributed by atoms with Crippen LogP contribution in [-0.2, 0) is 23.1 Å². The number of aryl methyl sites for hydroxylation is 1. The van der Waals surface area contributed by atoms with Gasteiger partial charge in [0.2, 0.25) is 11.5 Å². The standard InChI is InChI=1S/C24H29N5O2/c1-7-23(4,21(25)27-20(16(2)3)24(5)12-8-9-13-31-24)22(30)26-14-19-18(17-10-11-17)15-29(6)28-19/h1,9,13,15,17H,10-11,14H2,2-6H3,(H2,25,27)(H,26,30). The Hall–Kier alpha value is -3.45. The fourth-order valence-electron chi connectivity index (χ4n) is 3.48. The van der Waals surface area contributed by atoms with Gasteiger partial charge in [-0.15, -0.1) is 6.42 Å². The largest absolute Gasteiger partial charge is 0.476 e. The number of carbonyl (C=O) groups excluding carboxylic acids is 1. The maximum Gasteiger partial charge on any atom is 0.246 e. The van der Waals surface area contributed by atoms with E-state index in [0.717, 1.165) is 24.1 Å². The van der Waals surface area contributed by atoms with Crippen molar-refractivity contribution < 1.29 is 9.53 Å². The monoisotopic (exact) mass is 419 g/mol. The molecule has 1 aliphatic heterocycles. The average Bonchev–Trinajstić information content (AvgIpc) is 3.51. The first-order chi connectivity index (χ1) is 14.6. The van der Waals surface area contributed by atoms with E-state index in [0.29, 0.717) is 11.6 Å². The molecule has 2 aliphatic rings. The van der Waals surface area contributed by atoms with Gasteiger partial charge >= 0.3 is 0 Å². The molecule has 0 spiro atoms. The lowest BCUT2D eigenvalue weighted by atomic mass is 9.88. The Bertz CT molecular complexity index is 1080. The minimum Gasteiger partial charge on any atom is -0.476 e. The summed E-state index contributed by atoms with van der Waals surface area (Å²) in [6, 6.07) is 0. The normalized spacial score (nSPS) is 21.7. The van der Waals surface area contributed by atoms with Crippen LogP contribution in [0.3, 0.4) is 0 Å². The van der Waals surface area contributed by atoms with Gasteiger partial charge < -0.3 is 15.8 Å². The molecule has 7 nitrogen and oxygen atoms in total. The van der Waals surface area contributed by atoms with E-state index < -0.39 is 16.9 Å². The van der Waals surface area contributed by atoms with E-state index in [1.54, 1.807) is 24.6 Å². The second kappa shape index (κ2) is 8.35. The van der Waals surface area contributed by atoms with Crippen molar-refractivity contribution in [2.24, 2.45) is 23.2 Å². The first-order valence-electron chi connectivity index (χ1n) is 10.3. The minimum atomic E-state index is -1.44. The van der Waals surface area contributed by atoms with Crippen LogP contribution in [0.5, 0.6) is 0 Å². The van der Waals surface area contributed by atoms with Gasteiger partial charge in [-0.25, -0.2) is 4.99 Å². The third-order valence-electron chi connectivity index (χ3n) is 5.55. The van der Waals surface area contributed by atoms with Crippen LogP contribution < -0.4 is 11.1 Å². The first-order valence-corrected chi connectivity index (χ1v) is 10.3. The summed E-state index contributed by atoms with van der Waals surface area (Å²) in [4.78, 5) is 17.6. The summed E-state index contributed by atoms with van der Waals surface area (Å²) in [5.41, 5.74) is 7.29. The lowest BCUT2D eigenvalue weighted by Crippen LogP contribution is -2.47. The van der Waals surface area contributed by atoms with Crippen molar-refractivity contribution >= 4 is 11.7 Å². The number of amides is 1. The number of nitrogens with zero attached hydrogens (tertiary/aromatic N) is 3. The Morgan fingerprint density at radius 2 is 2.26 bits per heavy atom. The maximum atomic E-state index is 13.1. The summed E-state index contributed by atoms with van der Waals surface area (Å²) >= 11 is 0. The number of terminal acetylenes is 1. The Kier molecular flexibility index (Phi) is 5.99. The van der Waals surface area contributed by atoms with Gasteiger partial charge in [-0.05, 0) is 63.5 Å². The molecular weight excluding hydrogens is 390 g/mol. The van der Waals surface area contributed by atoms with Crippen molar-refractivity contribution in [2.75, 3.05) is 0 Å². The fraction of sp³-hybridized carbons (Fsp3) is 0.458. The highest BCUT2D eigenvalue weighted by Gasteiger charge is 2.38. The minimum absolute atomic E-state index is 0.00770. The molecular formula is C24H29N5O2. The van der Waals surface area contributed by atoms with E-state index in [9.17, 15) is 4.79 Å². The van der Waals surface area contributed by atoms with Gasteiger partial charge in [0.05, 0.1) is 24.2 Å². The Labute approximate surface area is 183 Å². The van der Waals surface area contributed by atoms with Crippen LogP contribution in [0.15, 0.2) is 34.8 Å². The van der Waals surface area contributed by atoms with E-state index >= 15 is 0 Å².